The fraction of sp³-hybridized carbons (Fsp3) is 0.0625. The molecule has 0 spiro atoms. The third kappa shape index (κ3) is 2.45. The molecular weight excluding hydrogens is 293 g/mol. The number of rotatable bonds is 3. The Balaban J connectivity index is 2.10. The molecular formula is C16H11Cl2NO. The number of ether oxygens (including phenoxy) is 1. The summed E-state index contributed by atoms with van der Waals surface area (Å²) in [5.74, 6) is 1.66. The number of nitrogens with zero attached hydrogens (tertiary/aromatic N) is 1. The van der Waals surface area contributed by atoms with Gasteiger partial charge in [-0.25, -0.2) is 0 Å². The molecule has 0 atom stereocenters. The first kappa shape index (κ1) is 13.2. The first-order chi connectivity index (χ1) is 9.79. The van der Waals surface area contributed by atoms with Crippen LogP contribution >= 0.6 is 23.2 Å². The van der Waals surface area contributed by atoms with Crippen molar-refractivity contribution in [1.29, 1.82) is 0 Å². The van der Waals surface area contributed by atoms with Gasteiger partial charge in [0.1, 0.15) is 11.5 Å². The van der Waals surface area contributed by atoms with Crippen LogP contribution in [0.1, 0.15) is 5.56 Å². The van der Waals surface area contributed by atoms with Crippen LogP contribution in [0.2, 0.25) is 5.02 Å². The minimum atomic E-state index is 0.346. The summed E-state index contributed by atoms with van der Waals surface area (Å²) in [6.45, 7) is 0. The molecule has 3 aromatic rings. The van der Waals surface area contributed by atoms with E-state index in [9.17, 15) is 0 Å². The summed E-state index contributed by atoms with van der Waals surface area (Å²) in [6, 6.07) is 15.1. The van der Waals surface area contributed by atoms with E-state index < -0.39 is 0 Å². The van der Waals surface area contributed by atoms with E-state index in [0.717, 1.165) is 22.2 Å². The standard InChI is InChI=1S/C16H11Cl2NO/c17-10-11-4-1-6-13(18)16(11)20-15-8-2-7-14-12(15)5-3-9-19-14/h1-9H,10H2. The Hall–Kier alpha value is -1.77. The molecule has 0 bridgehead atoms. The van der Waals surface area contributed by atoms with Crippen LogP contribution < -0.4 is 4.74 Å². The smallest absolute Gasteiger partial charge is 0.150 e. The molecule has 2 aromatic carbocycles. The van der Waals surface area contributed by atoms with Crippen molar-refractivity contribution in [2.24, 2.45) is 0 Å². The molecule has 0 unspecified atom stereocenters. The molecule has 20 heavy (non-hydrogen) atoms. The van der Waals surface area contributed by atoms with Crippen LogP contribution in [-0.2, 0) is 5.88 Å². The lowest BCUT2D eigenvalue weighted by Gasteiger charge is -2.12. The van der Waals surface area contributed by atoms with Gasteiger partial charge in [-0.1, -0.05) is 29.8 Å². The van der Waals surface area contributed by atoms with Crippen LogP contribution in [0, 0.1) is 0 Å². The van der Waals surface area contributed by atoms with E-state index in [-0.39, 0.29) is 0 Å². The van der Waals surface area contributed by atoms with Gasteiger partial charge < -0.3 is 4.74 Å². The molecule has 0 fully saturated rings. The fourth-order valence-electron chi connectivity index (χ4n) is 2.05. The Morgan fingerprint density at radius 3 is 2.70 bits per heavy atom. The maximum absolute atomic E-state index is 6.21. The van der Waals surface area contributed by atoms with Gasteiger partial charge in [0.15, 0.2) is 0 Å². The van der Waals surface area contributed by atoms with Gasteiger partial charge in [0, 0.05) is 17.1 Å². The number of aromatic nitrogens is 1. The lowest BCUT2D eigenvalue weighted by atomic mass is 10.2. The van der Waals surface area contributed by atoms with Crippen molar-refractivity contribution in [3.63, 3.8) is 0 Å². The minimum Gasteiger partial charge on any atom is -0.455 e. The van der Waals surface area contributed by atoms with Crippen LogP contribution in [0.15, 0.2) is 54.7 Å². The SMILES string of the molecule is ClCc1cccc(Cl)c1Oc1cccc2ncccc12. The number of fused-ring (bicyclic) bond motifs is 1. The van der Waals surface area contributed by atoms with E-state index >= 15 is 0 Å². The topological polar surface area (TPSA) is 22.1 Å². The van der Waals surface area contributed by atoms with Crippen molar-refractivity contribution >= 4 is 34.1 Å². The van der Waals surface area contributed by atoms with Gasteiger partial charge in [-0.2, -0.15) is 0 Å². The predicted molar refractivity (Wildman–Crippen MR) is 82.8 cm³/mol. The molecule has 100 valence electrons. The molecule has 0 N–H and O–H groups in total. The number of benzene rings is 2. The Kier molecular flexibility index (Phi) is 3.77. The Morgan fingerprint density at radius 1 is 1.00 bits per heavy atom. The second-order valence-electron chi connectivity index (χ2n) is 4.29. The van der Waals surface area contributed by atoms with Gasteiger partial charge in [-0.05, 0) is 30.3 Å². The highest BCUT2D eigenvalue weighted by molar-refractivity contribution is 6.32. The van der Waals surface area contributed by atoms with Gasteiger partial charge in [-0.15, -0.1) is 11.6 Å². The first-order valence-corrected chi connectivity index (χ1v) is 7.06. The average Bonchev–Trinajstić information content (AvgIpc) is 2.49. The first-order valence-electron chi connectivity index (χ1n) is 6.14. The molecule has 1 aromatic heterocycles. The zero-order valence-corrected chi connectivity index (χ0v) is 12.0. The summed E-state index contributed by atoms with van der Waals surface area (Å²) in [7, 11) is 0. The highest BCUT2D eigenvalue weighted by Crippen LogP contribution is 2.36. The Morgan fingerprint density at radius 2 is 1.85 bits per heavy atom. The number of alkyl halides is 1. The second-order valence-corrected chi connectivity index (χ2v) is 4.96. The van der Waals surface area contributed by atoms with E-state index in [0.29, 0.717) is 16.7 Å². The van der Waals surface area contributed by atoms with Gasteiger partial charge in [0.05, 0.1) is 16.4 Å². The number of hydrogen-bond donors (Lipinski definition) is 0. The monoisotopic (exact) mass is 303 g/mol. The summed E-state index contributed by atoms with van der Waals surface area (Å²) in [5.41, 5.74) is 1.74. The van der Waals surface area contributed by atoms with Crippen LogP contribution in [0.5, 0.6) is 11.5 Å². The van der Waals surface area contributed by atoms with E-state index in [4.69, 9.17) is 27.9 Å². The van der Waals surface area contributed by atoms with Crippen molar-refractivity contribution < 1.29 is 4.74 Å². The molecule has 0 saturated carbocycles. The highest BCUT2D eigenvalue weighted by atomic mass is 35.5. The molecule has 0 amide bonds. The van der Waals surface area contributed by atoms with Crippen LogP contribution in [0.3, 0.4) is 0 Å². The van der Waals surface area contributed by atoms with E-state index in [1.807, 2.05) is 42.5 Å². The normalized spacial score (nSPS) is 10.7. The van der Waals surface area contributed by atoms with Crippen LogP contribution in [0.25, 0.3) is 10.9 Å². The summed E-state index contributed by atoms with van der Waals surface area (Å²) in [5, 5.41) is 1.49. The number of hydrogen-bond acceptors (Lipinski definition) is 2. The van der Waals surface area contributed by atoms with Crippen molar-refractivity contribution in [1.82, 2.24) is 4.98 Å². The van der Waals surface area contributed by atoms with Gasteiger partial charge in [-0.3, -0.25) is 4.98 Å². The number of para-hydroxylation sites is 1. The van der Waals surface area contributed by atoms with Crippen molar-refractivity contribution in [2.45, 2.75) is 5.88 Å². The lowest BCUT2D eigenvalue weighted by Crippen LogP contribution is -1.92. The van der Waals surface area contributed by atoms with Crippen molar-refractivity contribution in [3.8, 4) is 11.5 Å². The molecule has 1 heterocycles. The molecule has 3 rings (SSSR count). The summed E-state index contributed by atoms with van der Waals surface area (Å²) in [6.07, 6.45) is 1.76. The summed E-state index contributed by atoms with van der Waals surface area (Å²) >= 11 is 12.1. The minimum absolute atomic E-state index is 0.346. The number of pyridine rings is 1. The lowest BCUT2D eigenvalue weighted by molar-refractivity contribution is 0.484. The molecule has 2 nitrogen and oxygen atoms in total. The quantitative estimate of drug-likeness (QED) is 0.603. The summed E-state index contributed by atoms with van der Waals surface area (Å²) in [4.78, 5) is 4.31. The molecule has 0 aliphatic heterocycles. The summed E-state index contributed by atoms with van der Waals surface area (Å²) < 4.78 is 5.99. The van der Waals surface area contributed by atoms with E-state index in [1.165, 1.54) is 0 Å². The van der Waals surface area contributed by atoms with Crippen molar-refractivity contribution in [2.75, 3.05) is 0 Å². The average molecular weight is 304 g/mol. The number of halogens is 2. The third-order valence-electron chi connectivity index (χ3n) is 3.01. The largest absolute Gasteiger partial charge is 0.455 e. The van der Waals surface area contributed by atoms with Gasteiger partial charge >= 0.3 is 0 Å². The fourth-order valence-corrected chi connectivity index (χ4v) is 2.49. The van der Waals surface area contributed by atoms with Crippen molar-refractivity contribution in [3.05, 3.63) is 65.3 Å². The van der Waals surface area contributed by atoms with Crippen LogP contribution in [-0.4, -0.2) is 4.98 Å². The maximum Gasteiger partial charge on any atom is 0.150 e. The Bertz CT molecular complexity index is 753. The zero-order valence-electron chi connectivity index (χ0n) is 10.5. The van der Waals surface area contributed by atoms with Gasteiger partial charge in [0.2, 0.25) is 0 Å². The molecule has 0 aliphatic carbocycles. The molecule has 0 aliphatic rings. The van der Waals surface area contributed by atoms with E-state index in [1.54, 1.807) is 12.3 Å². The van der Waals surface area contributed by atoms with Crippen LogP contribution in [0.4, 0.5) is 0 Å². The predicted octanol–water partition coefficient (Wildman–Crippen LogP) is 5.42. The van der Waals surface area contributed by atoms with E-state index in [2.05, 4.69) is 4.98 Å². The molecule has 0 radical (unpaired) electrons. The zero-order chi connectivity index (χ0) is 13.9. The van der Waals surface area contributed by atoms with Gasteiger partial charge in [0.25, 0.3) is 0 Å². The highest BCUT2D eigenvalue weighted by Gasteiger charge is 2.11. The Labute approximate surface area is 126 Å². The molecule has 0 saturated heterocycles. The second kappa shape index (κ2) is 5.70. The molecule has 4 heteroatoms. The maximum atomic E-state index is 6.21. The third-order valence-corrected chi connectivity index (χ3v) is 3.60.